The van der Waals surface area contributed by atoms with Crippen molar-refractivity contribution in [2.24, 2.45) is 11.3 Å². The van der Waals surface area contributed by atoms with Crippen LogP contribution in [0, 0.1) is 11.3 Å². The van der Waals surface area contributed by atoms with E-state index < -0.39 is 0 Å². The van der Waals surface area contributed by atoms with Crippen LogP contribution in [0.25, 0.3) is 0 Å². The van der Waals surface area contributed by atoms with Crippen LogP contribution in [0.15, 0.2) is 11.6 Å². The molecule has 0 bridgehead atoms. The molecule has 82 valence electrons. The molecule has 0 aromatic carbocycles. The summed E-state index contributed by atoms with van der Waals surface area (Å²) in [4.78, 5) is 0. The fourth-order valence-corrected chi connectivity index (χ4v) is 2.63. The number of rotatable bonds is 3. The lowest BCUT2D eigenvalue weighted by atomic mass is 9.67. The zero-order valence-corrected chi connectivity index (χ0v) is 10.0. The normalized spacial score (nSPS) is 28.4. The number of aliphatic hydroxyl groups excluding tert-OH is 1. The summed E-state index contributed by atoms with van der Waals surface area (Å²) < 4.78 is 0. The predicted octanol–water partition coefficient (Wildman–Crippen LogP) is 3.53. The van der Waals surface area contributed by atoms with Gasteiger partial charge in [-0.25, -0.2) is 0 Å². The molecule has 14 heavy (non-hydrogen) atoms. The molecule has 0 heterocycles. The van der Waals surface area contributed by atoms with Gasteiger partial charge in [0.05, 0.1) is 6.10 Å². The first kappa shape index (κ1) is 11.8. The third-order valence-corrected chi connectivity index (χ3v) is 3.62. The molecule has 2 atom stereocenters. The molecule has 1 aliphatic rings. The highest BCUT2D eigenvalue weighted by molar-refractivity contribution is 5.11. The van der Waals surface area contributed by atoms with E-state index in [2.05, 4.69) is 26.8 Å². The molecule has 0 aromatic heterocycles. The molecular formula is C13H24O. The van der Waals surface area contributed by atoms with Gasteiger partial charge < -0.3 is 5.11 Å². The van der Waals surface area contributed by atoms with Crippen LogP contribution < -0.4 is 0 Å². The molecule has 1 N–H and O–H groups in total. The number of hydrogen-bond donors (Lipinski definition) is 1. The summed E-state index contributed by atoms with van der Waals surface area (Å²) in [5, 5.41) is 9.32. The van der Waals surface area contributed by atoms with Gasteiger partial charge >= 0.3 is 0 Å². The molecule has 0 aromatic rings. The van der Waals surface area contributed by atoms with Gasteiger partial charge in [0.2, 0.25) is 0 Å². The average Bonchev–Trinajstić information content (AvgIpc) is 2.01. The Balaban J connectivity index is 2.62. The monoisotopic (exact) mass is 196 g/mol. The zero-order valence-electron chi connectivity index (χ0n) is 10.0. The van der Waals surface area contributed by atoms with Crippen LogP contribution in [0.5, 0.6) is 0 Å². The largest absolute Gasteiger partial charge is 0.393 e. The lowest BCUT2D eigenvalue weighted by Gasteiger charge is -2.38. The van der Waals surface area contributed by atoms with Crippen LogP contribution in [0.2, 0.25) is 0 Å². The molecular weight excluding hydrogens is 172 g/mol. The smallest absolute Gasteiger partial charge is 0.0512 e. The first-order valence-corrected chi connectivity index (χ1v) is 5.78. The van der Waals surface area contributed by atoms with Crippen LogP contribution in [-0.2, 0) is 0 Å². The standard InChI is InChI=1S/C13H24O/c1-10-6-5-9-13(3,4)12(10)8-7-11(2)14/h6,11-12,14H,5,7-9H2,1-4H3/t11-,12?/m0/s1. The van der Waals surface area contributed by atoms with Crippen molar-refractivity contribution in [3.8, 4) is 0 Å². The van der Waals surface area contributed by atoms with Crippen molar-refractivity contribution in [1.29, 1.82) is 0 Å². The number of hydrogen-bond acceptors (Lipinski definition) is 1. The van der Waals surface area contributed by atoms with Crippen molar-refractivity contribution in [2.45, 2.75) is 59.5 Å². The summed E-state index contributed by atoms with van der Waals surface area (Å²) in [6, 6.07) is 0. The van der Waals surface area contributed by atoms with Crippen molar-refractivity contribution in [1.82, 2.24) is 0 Å². The summed E-state index contributed by atoms with van der Waals surface area (Å²) in [5.41, 5.74) is 1.95. The third kappa shape index (κ3) is 2.84. The molecule has 0 saturated carbocycles. The van der Waals surface area contributed by atoms with Crippen molar-refractivity contribution in [3.05, 3.63) is 11.6 Å². The van der Waals surface area contributed by atoms with Gasteiger partial charge in [-0.05, 0) is 50.9 Å². The Hall–Kier alpha value is -0.300. The molecule has 1 rings (SSSR count). The Labute approximate surface area is 88.2 Å². The van der Waals surface area contributed by atoms with E-state index in [1.54, 1.807) is 0 Å². The minimum absolute atomic E-state index is 0.152. The summed E-state index contributed by atoms with van der Waals surface area (Å²) in [7, 11) is 0. The van der Waals surface area contributed by atoms with Crippen LogP contribution in [0.3, 0.4) is 0 Å². The predicted molar refractivity (Wildman–Crippen MR) is 61.2 cm³/mol. The van der Waals surface area contributed by atoms with E-state index in [-0.39, 0.29) is 6.10 Å². The molecule has 1 unspecified atom stereocenters. The maximum atomic E-state index is 9.32. The average molecular weight is 196 g/mol. The van der Waals surface area contributed by atoms with Gasteiger partial charge in [-0.1, -0.05) is 25.5 Å². The first-order valence-electron chi connectivity index (χ1n) is 5.78. The quantitative estimate of drug-likeness (QED) is 0.685. The molecule has 1 aliphatic carbocycles. The molecule has 0 amide bonds. The maximum absolute atomic E-state index is 9.32. The molecule has 0 spiro atoms. The Morgan fingerprint density at radius 2 is 2.21 bits per heavy atom. The van der Waals surface area contributed by atoms with E-state index in [1.807, 2.05) is 6.92 Å². The van der Waals surface area contributed by atoms with E-state index in [0.717, 1.165) is 12.8 Å². The minimum Gasteiger partial charge on any atom is -0.393 e. The van der Waals surface area contributed by atoms with Gasteiger partial charge in [0.15, 0.2) is 0 Å². The Kier molecular flexibility index (Phi) is 3.77. The zero-order chi connectivity index (χ0) is 10.8. The van der Waals surface area contributed by atoms with Gasteiger partial charge in [0.1, 0.15) is 0 Å². The van der Waals surface area contributed by atoms with Crippen molar-refractivity contribution < 1.29 is 5.11 Å². The van der Waals surface area contributed by atoms with E-state index >= 15 is 0 Å². The number of allylic oxidation sites excluding steroid dienone is 2. The second kappa shape index (κ2) is 4.48. The van der Waals surface area contributed by atoms with E-state index in [0.29, 0.717) is 11.3 Å². The molecule has 0 radical (unpaired) electrons. The summed E-state index contributed by atoms with van der Waals surface area (Å²) in [6.45, 7) is 8.84. The molecule has 1 heteroatoms. The minimum atomic E-state index is -0.152. The molecule has 0 aliphatic heterocycles. The van der Waals surface area contributed by atoms with Gasteiger partial charge in [0.25, 0.3) is 0 Å². The van der Waals surface area contributed by atoms with Crippen molar-refractivity contribution in [3.63, 3.8) is 0 Å². The summed E-state index contributed by atoms with van der Waals surface area (Å²) in [6.07, 6.45) is 6.80. The van der Waals surface area contributed by atoms with Crippen LogP contribution >= 0.6 is 0 Å². The van der Waals surface area contributed by atoms with Gasteiger partial charge in [0, 0.05) is 0 Å². The van der Waals surface area contributed by atoms with Crippen molar-refractivity contribution >= 4 is 0 Å². The fourth-order valence-electron chi connectivity index (χ4n) is 2.63. The topological polar surface area (TPSA) is 20.2 Å². The first-order chi connectivity index (χ1) is 6.43. The summed E-state index contributed by atoms with van der Waals surface area (Å²) >= 11 is 0. The lowest BCUT2D eigenvalue weighted by molar-refractivity contribution is 0.144. The van der Waals surface area contributed by atoms with Gasteiger partial charge in [-0.15, -0.1) is 0 Å². The summed E-state index contributed by atoms with van der Waals surface area (Å²) in [5.74, 6) is 0.672. The lowest BCUT2D eigenvalue weighted by Crippen LogP contribution is -2.28. The van der Waals surface area contributed by atoms with E-state index in [4.69, 9.17) is 0 Å². The highest BCUT2D eigenvalue weighted by Crippen LogP contribution is 2.43. The Morgan fingerprint density at radius 1 is 1.57 bits per heavy atom. The van der Waals surface area contributed by atoms with Crippen molar-refractivity contribution in [2.75, 3.05) is 0 Å². The highest BCUT2D eigenvalue weighted by atomic mass is 16.3. The molecule has 0 fully saturated rings. The second-order valence-electron chi connectivity index (χ2n) is 5.45. The highest BCUT2D eigenvalue weighted by Gasteiger charge is 2.32. The SMILES string of the molecule is CC1=CCCC(C)(C)C1CC[C@H](C)O. The molecule has 1 nitrogen and oxygen atoms in total. The molecule has 0 saturated heterocycles. The van der Waals surface area contributed by atoms with Crippen LogP contribution in [0.4, 0.5) is 0 Å². The Morgan fingerprint density at radius 3 is 2.71 bits per heavy atom. The Bertz CT molecular complexity index is 213. The van der Waals surface area contributed by atoms with Crippen LogP contribution in [-0.4, -0.2) is 11.2 Å². The third-order valence-electron chi connectivity index (χ3n) is 3.62. The van der Waals surface area contributed by atoms with Gasteiger partial charge in [-0.3, -0.25) is 0 Å². The van der Waals surface area contributed by atoms with E-state index in [9.17, 15) is 5.11 Å². The maximum Gasteiger partial charge on any atom is 0.0512 e. The second-order valence-corrected chi connectivity index (χ2v) is 5.45. The van der Waals surface area contributed by atoms with Crippen LogP contribution in [0.1, 0.15) is 53.4 Å². The fraction of sp³-hybridized carbons (Fsp3) is 0.846. The van der Waals surface area contributed by atoms with E-state index in [1.165, 1.54) is 18.4 Å². The van der Waals surface area contributed by atoms with Gasteiger partial charge in [-0.2, -0.15) is 0 Å². The number of aliphatic hydroxyl groups is 1.